The summed E-state index contributed by atoms with van der Waals surface area (Å²) in [6.45, 7) is 9.70. The summed E-state index contributed by atoms with van der Waals surface area (Å²) >= 11 is 0. The van der Waals surface area contributed by atoms with Crippen molar-refractivity contribution in [1.82, 2.24) is 5.16 Å². The van der Waals surface area contributed by atoms with Gasteiger partial charge in [0.15, 0.2) is 5.76 Å². The molecule has 0 aliphatic carbocycles. The third-order valence-corrected chi connectivity index (χ3v) is 3.87. The highest BCUT2D eigenvalue weighted by molar-refractivity contribution is 6.19. The smallest absolute Gasteiger partial charge is 0.339 e. The third-order valence-electron chi connectivity index (χ3n) is 3.87. The molecule has 5 heteroatoms. The number of aliphatic carboxylic acids is 1. The second-order valence-electron chi connectivity index (χ2n) is 6.55. The van der Waals surface area contributed by atoms with Crippen LogP contribution in [-0.4, -0.2) is 21.3 Å². The van der Waals surface area contributed by atoms with Crippen LogP contribution in [0.5, 0.6) is 5.75 Å². The molecule has 0 atom stereocenters. The second-order valence-corrected chi connectivity index (χ2v) is 6.55. The monoisotopic (exact) mass is 329 g/mol. The number of aromatic hydroxyl groups is 1. The van der Waals surface area contributed by atoms with Crippen LogP contribution in [0.1, 0.15) is 67.7 Å². The fraction of sp³-hybridized carbons (Fsp3) is 0.368. The Morgan fingerprint density at radius 3 is 2.04 bits per heavy atom. The lowest BCUT2D eigenvalue weighted by molar-refractivity contribution is -0.130. The Hall–Kier alpha value is -2.56. The molecule has 1 aromatic carbocycles. The normalized spacial score (nSPS) is 12.2. The summed E-state index contributed by atoms with van der Waals surface area (Å²) in [6.07, 6.45) is 1.56. The Kier molecular flexibility index (Phi) is 5.12. The Labute approximate surface area is 141 Å². The topological polar surface area (TPSA) is 83.6 Å². The number of benzene rings is 1. The van der Waals surface area contributed by atoms with Gasteiger partial charge in [0.2, 0.25) is 0 Å². The number of carbonyl (C=O) groups is 1. The lowest BCUT2D eigenvalue weighted by Gasteiger charge is -2.16. The van der Waals surface area contributed by atoms with Crippen LogP contribution in [-0.2, 0) is 4.79 Å². The molecule has 2 aromatic rings. The molecule has 0 saturated heterocycles. The maximum Gasteiger partial charge on any atom is 0.339 e. The average molecular weight is 329 g/mol. The molecule has 0 unspecified atom stereocenters. The molecule has 0 spiro atoms. The number of hydrogen-bond acceptors (Lipinski definition) is 4. The molecule has 0 aliphatic heterocycles. The van der Waals surface area contributed by atoms with Crippen molar-refractivity contribution in [3.05, 3.63) is 46.3 Å². The molecule has 0 bridgehead atoms. The van der Waals surface area contributed by atoms with Gasteiger partial charge in [-0.3, -0.25) is 0 Å². The van der Waals surface area contributed by atoms with Crippen LogP contribution in [0.2, 0.25) is 0 Å². The molecule has 2 rings (SSSR count). The van der Waals surface area contributed by atoms with Gasteiger partial charge < -0.3 is 14.7 Å². The summed E-state index contributed by atoms with van der Waals surface area (Å²) in [5.41, 5.74) is 2.96. The van der Waals surface area contributed by atoms with Crippen LogP contribution in [0.15, 0.2) is 22.7 Å². The van der Waals surface area contributed by atoms with Crippen molar-refractivity contribution < 1.29 is 19.5 Å². The van der Waals surface area contributed by atoms with Gasteiger partial charge in [0.1, 0.15) is 11.3 Å². The first-order valence-corrected chi connectivity index (χ1v) is 7.96. The van der Waals surface area contributed by atoms with Crippen molar-refractivity contribution in [3.63, 3.8) is 0 Å². The van der Waals surface area contributed by atoms with Crippen LogP contribution in [0.4, 0.5) is 0 Å². The number of nitrogens with zero attached hydrogens (tertiary/aromatic N) is 1. The lowest BCUT2D eigenvalue weighted by atomic mass is 9.91. The number of aromatic nitrogens is 1. The first kappa shape index (κ1) is 17.8. The predicted molar refractivity (Wildman–Crippen MR) is 93.0 cm³/mol. The predicted octanol–water partition coefficient (Wildman–Crippen LogP) is 4.56. The van der Waals surface area contributed by atoms with E-state index in [-0.39, 0.29) is 28.9 Å². The first-order chi connectivity index (χ1) is 11.2. The molecule has 0 fully saturated rings. The lowest BCUT2D eigenvalue weighted by Crippen LogP contribution is -2.00. The summed E-state index contributed by atoms with van der Waals surface area (Å²) in [7, 11) is 0. The van der Waals surface area contributed by atoms with E-state index in [1.807, 2.05) is 39.8 Å². The zero-order chi connectivity index (χ0) is 18.0. The number of carboxylic acids is 1. The van der Waals surface area contributed by atoms with Crippen molar-refractivity contribution in [2.75, 3.05) is 0 Å². The van der Waals surface area contributed by atoms with Gasteiger partial charge in [0.05, 0.1) is 5.69 Å². The number of phenols is 1. The van der Waals surface area contributed by atoms with Crippen LogP contribution >= 0.6 is 0 Å². The molecule has 24 heavy (non-hydrogen) atoms. The molecular formula is C19H23NO4. The van der Waals surface area contributed by atoms with Gasteiger partial charge in [-0.25, -0.2) is 4.79 Å². The Morgan fingerprint density at radius 1 is 1.12 bits per heavy atom. The van der Waals surface area contributed by atoms with Gasteiger partial charge in [-0.15, -0.1) is 0 Å². The summed E-state index contributed by atoms with van der Waals surface area (Å²) in [5, 5.41) is 23.7. The highest BCUT2D eigenvalue weighted by Crippen LogP contribution is 2.35. The number of phenolic OH excluding ortho intramolecular Hbond substituents is 1. The van der Waals surface area contributed by atoms with Crippen LogP contribution < -0.4 is 0 Å². The molecule has 1 heterocycles. The van der Waals surface area contributed by atoms with Crippen molar-refractivity contribution in [2.24, 2.45) is 0 Å². The fourth-order valence-corrected chi connectivity index (χ4v) is 2.56. The summed E-state index contributed by atoms with van der Waals surface area (Å²) in [5.74, 6) is -0.348. The molecular weight excluding hydrogens is 306 g/mol. The molecule has 0 radical (unpaired) electrons. The molecule has 0 aliphatic rings. The van der Waals surface area contributed by atoms with Gasteiger partial charge in [-0.2, -0.15) is 0 Å². The molecule has 1 aromatic heterocycles. The van der Waals surface area contributed by atoms with E-state index < -0.39 is 5.97 Å². The van der Waals surface area contributed by atoms with Crippen molar-refractivity contribution in [1.29, 1.82) is 0 Å². The van der Waals surface area contributed by atoms with Crippen LogP contribution in [0, 0.1) is 6.92 Å². The minimum Gasteiger partial charge on any atom is -0.507 e. The number of carboxylic acid groups (broad SMARTS) is 1. The molecule has 5 nitrogen and oxygen atoms in total. The molecule has 128 valence electrons. The van der Waals surface area contributed by atoms with Crippen molar-refractivity contribution in [2.45, 2.75) is 46.5 Å². The number of hydrogen-bond donors (Lipinski definition) is 2. The van der Waals surface area contributed by atoms with E-state index in [9.17, 15) is 15.0 Å². The van der Waals surface area contributed by atoms with Gasteiger partial charge >= 0.3 is 5.97 Å². The minimum atomic E-state index is -1.09. The Balaban J connectivity index is 2.63. The highest BCUT2D eigenvalue weighted by Gasteiger charge is 2.18. The van der Waals surface area contributed by atoms with E-state index in [2.05, 4.69) is 5.16 Å². The van der Waals surface area contributed by atoms with E-state index in [1.54, 1.807) is 19.1 Å². The van der Waals surface area contributed by atoms with E-state index in [0.717, 1.165) is 11.1 Å². The van der Waals surface area contributed by atoms with E-state index in [0.29, 0.717) is 11.3 Å². The van der Waals surface area contributed by atoms with Gasteiger partial charge in [0.25, 0.3) is 0 Å². The van der Waals surface area contributed by atoms with Crippen LogP contribution in [0.25, 0.3) is 11.6 Å². The average Bonchev–Trinajstić information content (AvgIpc) is 2.91. The zero-order valence-corrected chi connectivity index (χ0v) is 14.6. The standard InChI is InChI=1S/C19H23NO4/c1-10(2)14-7-13(8-15(11(3)4)18(14)21)9-16(19(22)23)17-6-12(5)20-24-17/h6-11,21H,1-5H3,(H,22,23). The van der Waals surface area contributed by atoms with Gasteiger partial charge in [-0.1, -0.05) is 32.9 Å². The van der Waals surface area contributed by atoms with Gasteiger partial charge in [-0.05, 0) is 53.7 Å². The molecule has 0 amide bonds. The Morgan fingerprint density at radius 2 is 1.67 bits per heavy atom. The highest BCUT2D eigenvalue weighted by atomic mass is 16.5. The van der Waals surface area contributed by atoms with Crippen LogP contribution in [0.3, 0.4) is 0 Å². The maximum atomic E-state index is 11.6. The largest absolute Gasteiger partial charge is 0.507 e. The van der Waals surface area contributed by atoms with E-state index in [4.69, 9.17) is 4.52 Å². The quantitative estimate of drug-likeness (QED) is 0.786. The van der Waals surface area contributed by atoms with Crippen molar-refractivity contribution >= 4 is 17.6 Å². The fourth-order valence-electron chi connectivity index (χ4n) is 2.56. The minimum absolute atomic E-state index is 0.0331. The molecule has 0 saturated carbocycles. The van der Waals surface area contributed by atoms with Gasteiger partial charge in [0, 0.05) is 6.07 Å². The summed E-state index contributed by atoms with van der Waals surface area (Å²) < 4.78 is 5.09. The maximum absolute atomic E-state index is 11.6. The van der Waals surface area contributed by atoms with E-state index >= 15 is 0 Å². The van der Waals surface area contributed by atoms with Crippen molar-refractivity contribution in [3.8, 4) is 5.75 Å². The Bertz CT molecular complexity index is 755. The number of rotatable bonds is 5. The SMILES string of the molecule is Cc1cc(C(=Cc2cc(C(C)C)c(O)c(C(C)C)c2)C(=O)O)on1. The third kappa shape index (κ3) is 3.67. The zero-order valence-electron chi connectivity index (χ0n) is 14.6. The second kappa shape index (κ2) is 6.91. The van der Waals surface area contributed by atoms with E-state index in [1.165, 1.54) is 0 Å². The summed E-state index contributed by atoms with van der Waals surface area (Å²) in [6, 6.07) is 5.23. The number of aryl methyl sites for hydroxylation is 1. The molecule has 2 N–H and O–H groups in total. The summed E-state index contributed by atoms with van der Waals surface area (Å²) in [4.78, 5) is 11.6. The first-order valence-electron chi connectivity index (χ1n) is 7.96.